The van der Waals surface area contributed by atoms with Crippen molar-refractivity contribution in [3.8, 4) is 5.75 Å². The molecule has 7 heteroatoms. The van der Waals surface area contributed by atoms with Crippen molar-refractivity contribution in [2.75, 3.05) is 18.5 Å². The molecule has 0 saturated heterocycles. The number of benzene rings is 2. The molecule has 0 heterocycles. The molecular formula is C24H29BrClNO4. The minimum absolute atomic E-state index is 0.135. The quantitative estimate of drug-likeness (QED) is 0.230. The number of hydrogen-bond acceptors (Lipinski definition) is 4. The smallest absolute Gasteiger partial charge is 0.349 e. The lowest BCUT2D eigenvalue weighted by Gasteiger charge is -2.24. The van der Waals surface area contributed by atoms with Gasteiger partial charge in [0, 0.05) is 22.5 Å². The van der Waals surface area contributed by atoms with Gasteiger partial charge in [-0.3, -0.25) is 4.79 Å². The summed E-state index contributed by atoms with van der Waals surface area (Å²) in [6, 6.07) is 14.3. The number of nitrogens with one attached hydrogen (secondary N) is 1. The van der Waals surface area contributed by atoms with Gasteiger partial charge in [-0.25, -0.2) is 4.79 Å². The molecule has 0 unspecified atom stereocenters. The Morgan fingerprint density at radius 2 is 1.68 bits per heavy atom. The number of ether oxygens (including phenoxy) is 2. The summed E-state index contributed by atoms with van der Waals surface area (Å²) in [5.41, 5.74) is 0.560. The number of carbonyl (C=O) groups excluding carboxylic acids is 2. The highest BCUT2D eigenvalue weighted by Gasteiger charge is 2.31. The molecule has 168 valence electrons. The third-order valence-corrected chi connectivity index (χ3v) is 5.42. The summed E-state index contributed by atoms with van der Waals surface area (Å²) in [6.07, 6.45) is 3.60. The van der Waals surface area contributed by atoms with E-state index in [1.165, 1.54) is 0 Å². The molecule has 0 atom stereocenters. The predicted octanol–water partition coefficient (Wildman–Crippen LogP) is 5.58. The fraction of sp³-hybridized carbons (Fsp3) is 0.417. The van der Waals surface area contributed by atoms with Gasteiger partial charge in [-0.2, -0.15) is 0 Å². The monoisotopic (exact) mass is 509 g/mol. The number of unbranched alkanes of at least 4 members (excludes halogenated alkanes) is 2. The highest BCUT2D eigenvalue weighted by Crippen LogP contribution is 2.20. The Hall–Kier alpha value is -2.05. The summed E-state index contributed by atoms with van der Waals surface area (Å²) in [5.74, 6) is 0.0830. The zero-order valence-electron chi connectivity index (χ0n) is 18.0. The van der Waals surface area contributed by atoms with E-state index in [0.29, 0.717) is 35.9 Å². The van der Waals surface area contributed by atoms with Gasteiger partial charge in [0.2, 0.25) is 0 Å². The summed E-state index contributed by atoms with van der Waals surface area (Å²) < 4.78 is 11.2. The number of carbonyl (C=O) groups is 2. The second kappa shape index (κ2) is 12.7. The van der Waals surface area contributed by atoms with Crippen LogP contribution < -0.4 is 10.1 Å². The zero-order chi connectivity index (χ0) is 22.7. The molecule has 1 N–H and O–H groups in total. The van der Waals surface area contributed by atoms with Crippen LogP contribution in [0.1, 0.15) is 49.0 Å². The molecular weight excluding hydrogens is 482 g/mol. The van der Waals surface area contributed by atoms with E-state index in [-0.39, 0.29) is 11.9 Å². The molecule has 0 aliphatic heterocycles. The van der Waals surface area contributed by atoms with Crippen LogP contribution in [0.25, 0.3) is 0 Å². The normalized spacial score (nSPS) is 11.1. The Labute approximate surface area is 197 Å². The summed E-state index contributed by atoms with van der Waals surface area (Å²) in [6.45, 7) is 4.32. The molecule has 2 rings (SSSR count). The van der Waals surface area contributed by atoms with Gasteiger partial charge in [-0.1, -0.05) is 39.7 Å². The third-order valence-electron chi connectivity index (χ3n) is 4.60. The van der Waals surface area contributed by atoms with E-state index in [4.69, 9.17) is 21.1 Å². The van der Waals surface area contributed by atoms with E-state index >= 15 is 0 Å². The molecule has 0 aliphatic carbocycles. The zero-order valence-corrected chi connectivity index (χ0v) is 20.3. The van der Waals surface area contributed by atoms with E-state index in [0.717, 1.165) is 30.2 Å². The fourth-order valence-corrected chi connectivity index (χ4v) is 3.32. The molecule has 0 bridgehead atoms. The van der Waals surface area contributed by atoms with E-state index in [1.54, 1.807) is 38.1 Å². The maximum Gasteiger partial charge on any atom is 0.349 e. The minimum Gasteiger partial charge on any atom is -0.476 e. The number of amides is 1. The molecule has 0 fully saturated rings. The van der Waals surface area contributed by atoms with Gasteiger partial charge in [-0.05, 0) is 81.5 Å². The lowest BCUT2D eigenvalue weighted by atomic mass is 10.1. The Bertz CT molecular complexity index is 838. The number of hydrogen-bond donors (Lipinski definition) is 1. The Kier molecular flexibility index (Phi) is 10.3. The topological polar surface area (TPSA) is 64.6 Å². The van der Waals surface area contributed by atoms with Crippen molar-refractivity contribution in [3.63, 3.8) is 0 Å². The molecule has 5 nitrogen and oxygen atoms in total. The summed E-state index contributed by atoms with van der Waals surface area (Å²) in [5, 5.41) is 4.45. The van der Waals surface area contributed by atoms with Crippen LogP contribution >= 0.6 is 27.5 Å². The van der Waals surface area contributed by atoms with Crippen LogP contribution in [-0.2, 0) is 16.0 Å². The average molecular weight is 511 g/mol. The van der Waals surface area contributed by atoms with Gasteiger partial charge in [0.25, 0.3) is 5.91 Å². The van der Waals surface area contributed by atoms with Crippen LogP contribution in [0.2, 0.25) is 5.02 Å². The van der Waals surface area contributed by atoms with Gasteiger partial charge in [0.05, 0.1) is 6.61 Å². The second-order valence-electron chi connectivity index (χ2n) is 7.65. The minimum atomic E-state index is -1.07. The second-order valence-corrected chi connectivity index (χ2v) is 8.88. The molecule has 2 aromatic rings. The van der Waals surface area contributed by atoms with Crippen LogP contribution in [-0.4, -0.2) is 36.0 Å². The van der Waals surface area contributed by atoms with Gasteiger partial charge >= 0.3 is 5.97 Å². The van der Waals surface area contributed by atoms with Crippen LogP contribution in [0.3, 0.4) is 0 Å². The average Bonchev–Trinajstić information content (AvgIpc) is 2.75. The van der Waals surface area contributed by atoms with Crippen LogP contribution in [0, 0.1) is 0 Å². The standard InChI is InChI=1S/C24H29BrClNO4/c1-24(2,23(29)30-17-5-3-4-15-25)31-21-12-6-18(7-13-21)14-16-27-22(28)19-8-10-20(26)11-9-19/h6-13H,3-5,14-17H2,1-2H3,(H,27,28). The Balaban J connectivity index is 1.76. The molecule has 0 saturated carbocycles. The van der Waals surface area contributed by atoms with Crippen molar-refractivity contribution in [2.45, 2.75) is 45.1 Å². The molecule has 1 amide bonds. The van der Waals surface area contributed by atoms with Crippen molar-refractivity contribution in [2.24, 2.45) is 0 Å². The lowest BCUT2D eigenvalue weighted by Crippen LogP contribution is -2.39. The third kappa shape index (κ3) is 8.91. The maximum absolute atomic E-state index is 12.3. The van der Waals surface area contributed by atoms with E-state index < -0.39 is 5.60 Å². The van der Waals surface area contributed by atoms with Crippen LogP contribution in [0.4, 0.5) is 0 Å². The molecule has 0 aliphatic rings. The summed E-state index contributed by atoms with van der Waals surface area (Å²) in [4.78, 5) is 24.4. The summed E-state index contributed by atoms with van der Waals surface area (Å²) >= 11 is 9.23. The number of halogens is 2. The van der Waals surface area contributed by atoms with Crippen molar-refractivity contribution in [1.82, 2.24) is 5.32 Å². The van der Waals surface area contributed by atoms with E-state index in [9.17, 15) is 9.59 Å². The molecule has 2 aromatic carbocycles. The van der Waals surface area contributed by atoms with Crippen molar-refractivity contribution >= 4 is 39.4 Å². The number of esters is 1. The predicted molar refractivity (Wildman–Crippen MR) is 127 cm³/mol. The lowest BCUT2D eigenvalue weighted by molar-refractivity contribution is -0.159. The van der Waals surface area contributed by atoms with Gasteiger partial charge in [0.1, 0.15) is 5.75 Å². The first kappa shape index (κ1) is 25.2. The van der Waals surface area contributed by atoms with Crippen molar-refractivity contribution in [1.29, 1.82) is 0 Å². The van der Waals surface area contributed by atoms with Crippen molar-refractivity contribution in [3.05, 3.63) is 64.7 Å². The number of alkyl halides is 1. The van der Waals surface area contributed by atoms with Gasteiger partial charge < -0.3 is 14.8 Å². The first-order valence-electron chi connectivity index (χ1n) is 10.4. The Morgan fingerprint density at radius 1 is 1.00 bits per heavy atom. The first-order chi connectivity index (χ1) is 14.8. The van der Waals surface area contributed by atoms with E-state index in [2.05, 4.69) is 21.2 Å². The SMILES string of the molecule is CC(C)(Oc1ccc(CCNC(=O)c2ccc(Cl)cc2)cc1)C(=O)OCCCCCBr. The van der Waals surface area contributed by atoms with E-state index in [1.807, 2.05) is 24.3 Å². The molecule has 0 radical (unpaired) electrons. The molecule has 0 aromatic heterocycles. The largest absolute Gasteiger partial charge is 0.476 e. The summed E-state index contributed by atoms with van der Waals surface area (Å²) in [7, 11) is 0. The highest BCUT2D eigenvalue weighted by molar-refractivity contribution is 9.09. The van der Waals surface area contributed by atoms with Crippen LogP contribution in [0.5, 0.6) is 5.75 Å². The highest BCUT2D eigenvalue weighted by atomic mass is 79.9. The fourth-order valence-electron chi connectivity index (χ4n) is 2.80. The van der Waals surface area contributed by atoms with Gasteiger partial charge in [-0.15, -0.1) is 0 Å². The first-order valence-corrected chi connectivity index (χ1v) is 11.9. The maximum atomic E-state index is 12.3. The van der Waals surface area contributed by atoms with Crippen molar-refractivity contribution < 1.29 is 19.1 Å². The molecule has 0 spiro atoms. The number of rotatable bonds is 12. The van der Waals surface area contributed by atoms with Gasteiger partial charge in [0.15, 0.2) is 5.60 Å². The molecule has 31 heavy (non-hydrogen) atoms. The van der Waals surface area contributed by atoms with Crippen LogP contribution in [0.15, 0.2) is 48.5 Å². The Morgan fingerprint density at radius 3 is 2.32 bits per heavy atom.